The van der Waals surface area contributed by atoms with Crippen LogP contribution in [0.2, 0.25) is 0 Å². The Kier molecular flexibility index (Phi) is 3.16. The van der Waals surface area contributed by atoms with Gasteiger partial charge in [0.1, 0.15) is 13.2 Å². The van der Waals surface area contributed by atoms with E-state index < -0.39 is 0 Å². The van der Waals surface area contributed by atoms with Gasteiger partial charge in [0.25, 0.3) is 0 Å². The van der Waals surface area contributed by atoms with Crippen LogP contribution in [0.15, 0.2) is 23.1 Å². The van der Waals surface area contributed by atoms with Gasteiger partial charge in [-0.25, -0.2) is 0 Å². The summed E-state index contributed by atoms with van der Waals surface area (Å²) in [4.78, 5) is 1.26. The molecule has 0 amide bonds. The Morgan fingerprint density at radius 3 is 2.71 bits per heavy atom. The van der Waals surface area contributed by atoms with Gasteiger partial charge in [-0.05, 0) is 37.5 Å². The predicted molar refractivity (Wildman–Crippen MR) is 68.9 cm³/mol. The molecule has 0 saturated heterocycles. The van der Waals surface area contributed by atoms with Crippen molar-refractivity contribution in [3.8, 4) is 11.5 Å². The van der Waals surface area contributed by atoms with Crippen LogP contribution in [0.4, 0.5) is 0 Å². The molecule has 3 rings (SSSR count). The van der Waals surface area contributed by atoms with Crippen molar-refractivity contribution in [1.29, 1.82) is 0 Å². The van der Waals surface area contributed by atoms with Crippen LogP contribution in [-0.4, -0.2) is 24.5 Å². The van der Waals surface area contributed by atoms with Crippen LogP contribution in [0.5, 0.6) is 11.5 Å². The molecule has 1 aromatic carbocycles. The molecule has 0 bridgehead atoms. The van der Waals surface area contributed by atoms with Crippen molar-refractivity contribution in [3.05, 3.63) is 18.2 Å². The summed E-state index contributed by atoms with van der Waals surface area (Å²) in [7, 11) is 0. The molecule has 2 N–H and O–H groups in total. The minimum atomic E-state index is 0.393. The highest BCUT2D eigenvalue weighted by atomic mass is 32.2. The summed E-state index contributed by atoms with van der Waals surface area (Å²) in [6, 6.07) is 6.60. The molecule has 1 fully saturated rings. The molecule has 3 nitrogen and oxygen atoms in total. The number of fused-ring (bicyclic) bond motifs is 1. The molecular formula is C13H17NO2S. The maximum absolute atomic E-state index is 5.93. The minimum Gasteiger partial charge on any atom is -0.486 e. The second-order valence-electron chi connectivity index (χ2n) is 4.62. The highest BCUT2D eigenvalue weighted by molar-refractivity contribution is 8.00. The van der Waals surface area contributed by atoms with Crippen LogP contribution >= 0.6 is 11.8 Å². The summed E-state index contributed by atoms with van der Waals surface area (Å²) in [6.45, 7) is 1.30. The Balaban J connectivity index is 1.71. The molecule has 1 aliphatic carbocycles. The molecule has 1 aromatic rings. The lowest BCUT2D eigenvalue weighted by Crippen LogP contribution is -2.15. The summed E-state index contributed by atoms with van der Waals surface area (Å²) < 4.78 is 11.1. The standard InChI is InChI=1S/C13H17NO2S/c14-9-1-2-10(7-9)17-11-3-4-12-13(8-11)16-6-5-15-12/h3-4,8-10H,1-2,5-7,14H2. The molecule has 0 spiro atoms. The average Bonchev–Trinajstić information content (AvgIpc) is 2.75. The Bertz CT molecular complexity index is 410. The monoisotopic (exact) mass is 251 g/mol. The number of benzene rings is 1. The van der Waals surface area contributed by atoms with Crippen LogP contribution in [-0.2, 0) is 0 Å². The van der Waals surface area contributed by atoms with Crippen molar-refractivity contribution in [3.63, 3.8) is 0 Å². The molecule has 4 heteroatoms. The van der Waals surface area contributed by atoms with Crippen LogP contribution in [0.1, 0.15) is 19.3 Å². The lowest BCUT2D eigenvalue weighted by atomic mass is 10.3. The van der Waals surface area contributed by atoms with E-state index in [-0.39, 0.29) is 0 Å². The lowest BCUT2D eigenvalue weighted by molar-refractivity contribution is 0.171. The van der Waals surface area contributed by atoms with Gasteiger partial charge in [0.05, 0.1) is 0 Å². The zero-order chi connectivity index (χ0) is 11.7. The van der Waals surface area contributed by atoms with E-state index in [2.05, 4.69) is 12.1 Å². The Morgan fingerprint density at radius 1 is 1.12 bits per heavy atom. The zero-order valence-corrected chi connectivity index (χ0v) is 10.5. The maximum Gasteiger partial charge on any atom is 0.162 e. The first-order valence-electron chi connectivity index (χ1n) is 6.13. The lowest BCUT2D eigenvalue weighted by Gasteiger charge is -2.19. The fraction of sp³-hybridized carbons (Fsp3) is 0.538. The molecule has 2 unspecified atom stereocenters. The molecule has 92 valence electrons. The van der Waals surface area contributed by atoms with Gasteiger partial charge in [-0.3, -0.25) is 0 Å². The third kappa shape index (κ3) is 2.53. The normalized spacial score (nSPS) is 27.1. The second-order valence-corrected chi connectivity index (χ2v) is 5.99. The molecule has 17 heavy (non-hydrogen) atoms. The number of ether oxygens (including phenoxy) is 2. The Labute approximate surface area is 106 Å². The molecule has 1 heterocycles. The zero-order valence-electron chi connectivity index (χ0n) is 9.72. The molecule has 2 atom stereocenters. The molecule has 2 aliphatic rings. The van der Waals surface area contributed by atoms with E-state index in [0.717, 1.165) is 24.3 Å². The van der Waals surface area contributed by atoms with E-state index in [1.165, 1.54) is 11.3 Å². The highest BCUT2D eigenvalue weighted by Gasteiger charge is 2.23. The summed E-state index contributed by atoms with van der Waals surface area (Å²) in [5.41, 5.74) is 5.93. The third-order valence-corrected chi connectivity index (χ3v) is 4.53. The first-order chi connectivity index (χ1) is 8.31. The predicted octanol–water partition coefficient (Wildman–Crippen LogP) is 2.43. The van der Waals surface area contributed by atoms with Gasteiger partial charge in [0.15, 0.2) is 11.5 Å². The maximum atomic E-state index is 5.93. The second kappa shape index (κ2) is 4.78. The van der Waals surface area contributed by atoms with Gasteiger partial charge in [-0.2, -0.15) is 0 Å². The summed E-state index contributed by atoms with van der Waals surface area (Å²) >= 11 is 1.91. The van der Waals surface area contributed by atoms with Gasteiger partial charge in [0, 0.05) is 16.2 Å². The van der Waals surface area contributed by atoms with E-state index in [1.807, 2.05) is 17.8 Å². The number of hydrogen-bond acceptors (Lipinski definition) is 4. The van der Waals surface area contributed by atoms with Gasteiger partial charge < -0.3 is 15.2 Å². The Hall–Kier alpha value is -0.870. The largest absolute Gasteiger partial charge is 0.486 e. The summed E-state index contributed by atoms with van der Waals surface area (Å²) in [6.07, 6.45) is 3.50. The number of thioether (sulfide) groups is 1. The highest BCUT2D eigenvalue weighted by Crippen LogP contribution is 2.39. The topological polar surface area (TPSA) is 44.5 Å². The summed E-state index contributed by atoms with van der Waals surface area (Å²) in [5, 5.41) is 0.660. The van der Waals surface area contributed by atoms with E-state index in [4.69, 9.17) is 15.2 Å². The summed E-state index contributed by atoms with van der Waals surface area (Å²) in [5.74, 6) is 1.74. The van der Waals surface area contributed by atoms with Crippen LogP contribution < -0.4 is 15.2 Å². The van der Waals surface area contributed by atoms with E-state index >= 15 is 0 Å². The third-order valence-electron chi connectivity index (χ3n) is 3.24. The van der Waals surface area contributed by atoms with Gasteiger partial charge in [-0.1, -0.05) is 0 Å². The smallest absolute Gasteiger partial charge is 0.162 e. The molecule has 0 aromatic heterocycles. The van der Waals surface area contributed by atoms with Gasteiger partial charge in [-0.15, -0.1) is 11.8 Å². The number of nitrogens with two attached hydrogens (primary N) is 1. The van der Waals surface area contributed by atoms with E-state index in [0.29, 0.717) is 24.5 Å². The molecular weight excluding hydrogens is 234 g/mol. The van der Waals surface area contributed by atoms with Crippen LogP contribution in [0.3, 0.4) is 0 Å². The average molecular weight is 251 g/mol. The number of hydrogen-bond donors (Lipinski definition) is 1. The Morgan fingerprint density at radius 2 is 1.94 bits per heavy atom. The fourth-order valence-electron chi connectivity index (χ4n) is 2.37. The van der Waals surface area contributed by atoms with Crippen molar-refractivity contribution in [2.45, 2.75) is 35.4 Å². The first-order valence-corrected chi connectivity index (χ1v) is 7.01. The van der Waals surface area contributed by atoms with E-state index in [9.17, 15) is 0 Å². The van der Waals surface area contributed by atoms with Crippen molar-refractivity contribution < 1.29 is 9.47 Å². The minimum absolute atomic E-state index is 0.393. The SMILES string of the molecule is NC1CCC(Sc2ccc3c(c2)OCCO3)C1. The first kappa shape index (κ1) is 11.2. The van der Waals surface area contributed by atoms with Crippen molar-refractivity contribution in [1.82, 2.24) is 0 Å². The van der Waals surface area contributed by atoms with Crippen molar-refractivity contribution in [2.75, 3.05) is 13.2 Å². The quantitative estimate of drug-likeness (QED) is 0.876. The number of rotatable bonds is 2. The van der Waals surface area contributed by atoms with Crippen molar-refractivity contribution in [2.24, 2.45) is 5.73 Å². The molecule has 0 radical (unpaired) electrons. The van der Waals surface area contributed by atoms with Crippen LogP contribution in [0, 0.1) is 0 Å². The van der Waals surface area contributed by atoms with Gasteiger partial charge in [0.2, 0.25) is 0 Å². The molecule has 1 saturated carbocycles. The molecule has 1 aliphatic heterocycles. The fourth-order valence-corrected chi connectivity index (χ4v) is 3.67. The van der Waals surface area contributed by atoms with E-state index in [1.54, 1.807) is 0 Å². The van der Waals surface area contributed by atoms with Crippen molar-refractivity contribution >= 4 is 11.8 Å². The van der Waals surface area contributed by atoms with Crippen LogP contribution in [0.25, 0.3) is 0 Å². The van der Waals surface area contributed by atoms with Gasteiger partial charge >= 0.3 is 0 Å².